The molecule has 0 amide bonds. The van der Waals surface area contributed by atoms with E-state index in [0.29, 0.717) is 13.2 Å². The Hall–Kier alpha value is -0.970. The van der Waals surface area contributed by atoms with E-state index in [1.165, 1.54) is 17.8 Å². The molecule has 4 nitrogen and oxygen atoms in total. The first-order valence-electron chi connectivity index (χ1n) is 4.77. The van der Waals surface area contributed by atoms with Crippen molar-refractivity contribution in [2.75, 3.05) is 13.2 Å². The number of esters is 2. The highest BCUT2D eigenvalue weighted by Gasteiger charge is 2.12. The summed E-state index contributed by atoms with van der Waals surface area (Å²) in [4.78, 5) is 22.0. The quantitative estimate of drug-likeness (QED) is 0.516. The summed E-state index contributed by atoms with van der Waals surface area (Å²) in [6, 6.07) is 0. The third-order valence-electron chi connectivity index (χ3n) is 1.39. The number of thioether (sulfide) groups is 1. The lowest BCUT2D eigenvalue weighted by Gasteiger charge is -2.06. The molecule has 1 unspecified atom stereocenters. The number of ether oxygens (including phenoxy) is 2. The van der Waals surface area contributed by atoms with Crippen molar-refractivity contribution in [1.82, 2.24) is 0 Å². The Morgan fingerprint density at radius 1 is 1.27 bits per heavy atom. The lowest BCUT2D eigenvalue weighted by molar-refractivity contribution is -0.142. The average Bonchev–Trinajstić information content (AvgIpc) is 2.18. The molecule has 0 aliphatic carbocycles. The first-order chi connectivity index (χ1) is 7.11. The van der Waals surface area contributed by atoms with Crippen LogP contribution in [-0.4, -0.2) is 30.4 Å². The predicted octanol–water partition coefficient (Wildman–Crippen LogP) is 1.75. The standard InChI is InChI=1S/C10H16O4S/c1-4-13-9(11)6-7-15-8(3)10(12)14-5-2/h6-8H,4-5H2,1-3H3. The molecule has 0 spiro atoms. The van der Waals surface area contributed by atoms with Gasteiger partial charge in [0.15, 0.2) is 0 Å². The van der Waals surface area contributed by atoms with Crippen LogP contribution in [0.3, 0.4) is 0 Å². The Bertz CT molecular complexity index is 238. The van der Waals surface area contributed by atoms with Gasteiger partial charge < -0.3 is 9.47 Å². The van der Waals surface area contributed by atoms with E-state index in [1.807, 2.05) is 0 Å². The Kier molecular flexibility index (Phi) is 7.81. The van der Waals surface area contributed by atoms with Gasteiger partial charge in [0.2, 0.25) is 0 Å². The van der Waals surface area contributed by atoms with Crippen LogP contribution in [0.15, 0.2) is 11.5 Å². The van der Waals surface area contributed by atoms with E-state index < -0.39 is 5.97 Å². The molecular formula is C10H16O4S. The molecule has 0 aliphatic rings. The van der Waals surface area contributed by atoms with Crippen molar-refractivity contribution < 1.29 is 19.1 Å². The zero-order chi connectivity index (χ0) is 11.7. The largest absolute Gasteiger partial charge is 0.465 e. The highest BCUT2D eigenvalue weighted by Crippen LogP contribution is 2.13. The molecule has 0 saturated carbocycles. The first kappa shape index (κ1) is 14.0. The number of hydrogen-bond donors (Lipinski definition) is 0. The van der Waals surface area contributed by atoms with Crippen LogP contribution in [0.5, 0.6) is 0 Å². The second-order valence-electron chi connectivity index (χ2n) is 2.59. The third kappa shape index (κ3) is 7.02. The van der Waals surface area contributed by atoms with Gasteiger partial charge in [-0.05, 0) is 26.2 Å². The van der Waals surface area contributed by atoms with E-state index in [-0.39, 0.29) is 11.2 Å². The summed E-state index contributed by atoms with van der Waals surface area (Å²) in [5.41, 5.74) is 0. The fourth-order valence-electron chi connectivity index (χ4n) is 0.718. The lowest BCUT2D eigenvalue weighted by atomic mass is 10.5. The molecule has 86 valence electrons. The van der Waals surface area contributed by atoms with Crippen LogP contribution in [0.2, 0.25) is 0 Å². The molecule has 15 heavy (non-hydrogen) atoms. The van der Waals surface area contributed by atoms with Crippen molar-refractivity contribution in [3.63, 3.8) is 0 Å². The molecule has 5 heteroatoms. The fraction of sp³-hybridized carbons (Fsp3) is 0.600. The minimum atomic E-state index is -0.402. The minimum Gasteiger partial charge on any atom is -0.465 e. The van der Waals surface area contributed by atoms with E-state index in [1.54, 1.807) is 26.2 Å². The van der Waals surface area contributed by atoms with Crippen LogP contribution in [0.1, 0.15) is 20.8 Å². The summed E-state index contributed by atoms with van der Waals surface area (Å²) < 4.78 is 9.48. The van der Waals surface area contributed by atoms with Crippen LogP contribution in [0, 0.1) is 0 Å². The second-order valence-corrected chi connectivity index (χ2v) is 3.84. The van der Waals surface area contributed by atoms with Crippen LogP contribution in [-0.2, 0) is 19.1 Å². The van der Waals surface area contributed by atoms with Crippen molar-refractivity contribution in [2.24, 2.45) is 0 Å². The molecular weight excluding hydrogens is 216 g/mol. The molecule has 0 saturated heterocycles. The maximum absolute atomic E-state index is 11.2. The highest BCUT2D eigenvalue weighted by atomic mass is 32.2. The van der Waals surface area contributed by atoms with Crippen LogP contribution in [0.4, 0.5) is 0 Å². The summed E-state index contributed by atoms with van der Waals surface area (Å²) in [6.07, 6.45) is 1.30. The molecule has 0 heterocycles. The molecule has 0 aliphatic heterocycles. The minimum absolute atomic E-state index is 0.281. The Morgan fingerprint density at radius 2 is 1.87 bits per heavy atom. The molecule has 0 aromatic carbocycles. The number of carbonyl (C=O) groups excluding carboxylic acids is 2. The van der Waals surface area contributed by atoms with Gasteiger partial charge in [0, 0.05) is 6.08 Å². The second kappa shape index (κ2) is 8.35. The van der Waals surface area contributed by atoms with E-state index in [2.05, 4.69) is 4.74 Å². The van der Waals surface area contributed by atoms with Gasteiger partial charge in [0.05, 0.1) is 13.2 Å². The van der Waals surface area contributed by atoms with Crippen molar-refractivity contribution in [3.05, 3.63) is 11.5 Å². The summed E-state index contributed by atoms with van der Waals surface area (Å²) in [7, 11) is 0. The molecule has 1 atom stereocenters. The Morgan fingerprint density at radius 3 is 2.40 bits per heavy atom. The van der Waals surface area contributed by atoms with E-state index in [9.17, 15) is 9.59 Å². The molecule has 0 rings (SSSR count). The lowest BCUT2D eigenvalue weighted by Crippen LogP contribution is -2.15. The van der Waals surface area contributed by atoms with Gasteiger partial charge in [-0.25, -0.2) is 4.79 Å². The summed E-state index contributed by atoms with van der Waals surface area (Å²) in [5, 5.41) is 1.23. The SMILES string of the molecule is CCOC(=O)C=CSC(C)C(=O)OCC. The van der Waals surface area contributed by atoms with Gasteiger partial charge in [-0.1, -0.05) is 0 Å². The van der Waals surface area contributed by atoms with Crippen LogP contribution >= 0.6 is 11.8 Å². The van der Waals surface area contributed by atoms with E-state index in [0.717, 1.165) is 0 Å². The van der Waals surface area contributed by atoms with Crippen LogP contribution < -0.4 is 0 Å². The molecule has 0 radical (unpaired) electrons. The van der Waals surface area contributed by atoms with Gasteiger partial charge in [0.25, 0.3) is 0 Å². The van der Waals surface area contributed by atoms with Gasteiger partial charge >= 0.3 is 11.9 Å². The Balaban J connectivity index is 3.83. The topological polar surface area (TPSA) is 52.6 Å². The average molecular weight is 232 g/mol. The fourth-order valence-corrected chi connectivity index (χ4v) is 1.32. The Labute approximate surface area is 94.0 Å². The van der Waals surface area contributed by atoms with Gasteiger partial charge in [-0.2, -0.15) is 0 Å². The van der Waals surface area contributed by atoms with Crippen molar-refractivity contribution in [1.29, 1.82) is 0 Å². The normalized spacial score (nSPS) is 12.5. The number of carbonyl (C=O) groups is 2. The number of hydrogen-bond acceptors (Lipinski definition) is 5. The number of rotatable bonds is 6. The van der Waals surface area contributed by atoms with Gasteiger partial charge in [-0.3, -0.25) is 4.79 Å². The van der Waals surface area contributed by atoms with Gasteiger partial charge in [0.1, 0.15) is 5.25 Å². The molecule has 0 aromatic rings. The molecule has 0 N–H and O–H groups in total. The first-order valence-corrected chi connectivity index (χ1v) is 5.71. The summed E-state index contributed by atoms with van der Waals surface area (Å²) >= 11 is 1.22. The maximum Gasteiger partial charge on any atom is 0.331 e. The van der Waals surface area contributed by atoms with E-state index >= 15 is 0 Å². The van der Waals surface area contributed by atoms with Crippen LogP contribution in [0.25, 0.3) is 0 Å². The molecule has 0 aromatic heterocycles. The van der Waals surface area contributed by atoms with Crippen molar-refractivity contribution in [2.45, 2.75) is 26.0 Å². The van der Waals surface area contributed by atoms with Gasteiger partial charge in [-0.15, -0.1) is 11.8 Å². The monoisotopic (exact) mass is 232 g/mol. The molecule has 0 bridgehead atoms. The third-order valence-corrected chi connectivity index (χ3v) is 2.29. The molecule has 0 fully saturated rings. The summed E-state index contributed by atoms with van der Waals surface area (Å²) in [6.45, 7) is 5.93. The zero-order valence-electron chi connectivity index (χ0n) is 9.19. The van der Waals surface area contributed by atoms with E-state index in [4.69, 9.17) is 4.74 Å². The predicted molar refractivity (Wildman–Crippen MR) is 59.5 cm³/mol. The zero-order valence-corrected chi connectivity index (χ0v) is 10.0. The van der Waals surface area contributed by atoms with Crippen molar-refractivity contribution in [3.8, 4) is 0 Å². The van der Waals surface area contributed by atoms with Crippen molar-refractivity contribution >= 4 is 23.7 Å². The maximum atomic E-state index is 11.2. The smallest absolute Gasteiger partial charge is 0.331 e. The highest BCUT2D eigenvalue weighted by molar-refractivity contribution is 8.03. The summed E-state index contributed by atoms with van der Waals surface area (Å²) in [5.74, 6) is -0.683.